The van der Waals surface area contributed by atoms with E-state index in [0.29, 0.717) is 13.0 Å². The number of hydrogen-bond acceptors (Lipinski definition) is 4. The topological polar surface area (TPSA) is 87.9 Å². The van der Waals surface area contributed by atoms with E-state index in [1.165, 1.54) is 0 Å². The van der Waals surface area contributed by atoms with Gasteiger partial charge in [0.05, 0.1) is 6.04 Å². The zero-order valence-corrected chi connectivity index (χ0v) is 11.8. The minimum Gasteiger partial charge on any atom is -0.321 e. The van der Waals surface area contributed by atoms with Crippen LogP contribution in [0.4, 0.5) is 4.79 Å². The van der Waals surface area contributed by atoms with Crippen LogP contribution in [0.25, 0.3) is 0 Å². The van der Waals surface area contributed by atoms with Gasteiger partial charge in [-0.15, -0.1) is 0 Å². The van der Waals surface area contributed by atoms with Crippen LogP contribution in [0.2, 0.25) is 0 Å². The van der Waals surface area contributed by atoms with Crippen LogP contribution in [0.1, 0.15) is 18.4 Å². The van der Waals surface area contributed by atoms with E-state index < -0.39 is 0 Å². The van der Waals surface area contributed by atoms with E-state index in [9.17, 15) is 4.79 Å². The van der Waals surface area contributed by atoms with E-state index in [1.807, 2.05) is 35.2 Å². The predicted octanol–water partition coefficient (Wildman–Crippen LogP) is 0.624. The lowest BCUT2D eigenvalue weighted by atomic mass is 10.1. The summed E-state index contributed by atoms with van der Waals surface area (Å²) in [6, 6.07) is 10.2. The molecule has 2 heterocycles. The fraction of sp³-hybridized carbons (Fsp3) is 0.429. The Hall–Kier alpha value is -2.12. The Labute approximate surface area is 123 Å². The number of fused-ring (bicyclic) bond motifs is 2. The quantitative estimate of drug-likeness (QED) is 0.369. The van der Waals surface area contributed by atoms with E-state index in [4.69, 9.17) is 9.63 Å². The normalized spacial score (nSPS) is 19.9. The maximum absolute atomic E-state index is 11.9. The summed E-state index contributed by atoms with van der Waals surface area (Å²) < 4.78 is 0. The van der Waals surface area contributed by atoms with Crippen molar-refractivity contribution in [2.45, 2.75) is 25.5 Å². The van der Waals surface area contributed by atoms with E-state index >= 15 is 0 Å². The van der Waals surface area contributed by atoms with Gasteiger partial charge in [0.1, 0.15) is 6.61 Å². The van der Waals surface area contributed by atoms with Gasteiger partial charge in [0, 0.05) is 13.1 Å². The summed E-state index contributed by atoms with van der Waals surface area (Å²) in [5, 5.41) is 1.57. The Kier molecular flexibility index (Phi) is 5.53. The monoisotopic (exact) mass is 292 g/mol. The average molecular weight is 292 g/mol. The lowest BCUT2D eigenvalue weighted by molar-refractivity contribution is -0.140. The summed E-state index contributed by atoms with van der Waals surface area (Å²) in [6.07, 6.45) is 2.54. The number of carbonyl (C=O) groups excluding carboxylic acids is 2. The molecule has 114 valence electrons. The van der Waals surface area contributed by atoms with Crippen LogP contribution >= 0.6 is 0 Å². The number of piperidine rings is 1. The number of nitrogens with two attached hydrogens (primary N) is 1. The number of benzene rings is 1. The molecular formula is C14H20N4O3. The number of nitrogens with one attached hydrogen (secondary N) is 1. The van der Waals surface area contributed by atoms with Crippen molar-refractivity contribution in [3.63, 3.8) is 0 Å². The molecule has 2 aliphatic heterocycles. The van der Waals surface area contributed by atoms with E-state index in [0.717, 1.165) is 31.5 Å². The zero-order chi connectivity index (χ0) is 15.1. The first-order valence-corrected chi connectivity index (χ1v) is 6.91. The van der Waals surface area contributed by atoms with E-state index in [2.05, 4.69) is 5.84 Å². The van der Waals surface area contributed by atoms with Crippen molar-refractivity contribution in [2.75, 3.05) is 13.1 Å². The minimum atomic E-state index is 0.0310. The van der Waals surface area contributed by atoms with Gasteiger partial charge in [0.2, 0.25) is 6.41 Å². The fourth-order valence-electron chi connectivity index (χ4n) is 2.49. The van der Waals surface area contributed by atoms with Gasteiger partial charge in [-0.1, -0.05) is 30.3 Å². The number of rotatable bonds is 4. The van der Waals surface area contributed by atoms with Gasteiger partial charge in [-0.3, -0.25) is 15.1 Å². The molecule has 0 aliphatic carbocycles. The molecule has 7 nitrogen and oxygen atoms in total. The summed E-state index contributed by atoms with van der Waals surface area (Å²) in [4.78, 5) is 28.4. The molecule has 2 aliphatic rings. The molecule has 21 heavy (non-hydrogen) atoms. The first-order valence-electron chi connectivity index (χ1n) is 6.91. The Bertz CT molecular complexity index is 469. The van der Waals surface area contributed by atoms with E-state index in [-0.39, 0.29) is 12.1 Å². The average Bonchev–Trinajstić information content (AvgIpc) is 2.76. The number of carbonyl (C=O) groups is 2. The molecule has 2 fully saturated rings. The summed E-state index contributed by atoms with van der Waals surface area (Å²) in [5.41, 5.74) is 2.84. The molecule has 0 radical (unpaired) electrons. The predicted molar refractivity (Wildman–Crippen MR) is 76.4 cm³/mol. The smallest absolute Gasteiger partial charge is 0.321 e. The first-order chi connectivity index (χ1) is 10.3. The number of nitrogens with zero attached hydrogens (tertiary/aromatic N) is 2. The molecule has 1 aromatic carbocycles. The molecule has 0 saturated carbocycles. The lowest BCUT2D eigenvalue weighted by Crippen LogP contribution is -2.33. The van der Waals surface area contributed by atoms with Crippen molar-refractivity contribution in [1.29, 1.82) is 0 Å². The second kappa shape index (κ2) is 7.61. The molecule has 7 heteroatoms. The summed E-state index contributed by atoms with van der Waals surface area (Å²) >= 11 is 0. The van der Waals surface area contributed by atoms with Gasteiger partial charge in [-0.05, 0) is 18.4 Å². The molecule has 0 spiro atoms. The highest BCUT2D eigenvalue weighted by atomic mass is 16.7. The Morgan fingerprint density at radius 2 is 2.10 bits per heavy atom. The van der Waals surface area contributed by atoms with Crippen LogP contribution in [0.5, 0.6) is 0 Å². The number of hydrazine groups is 1. The molecule has 1 atom stereocenters. The Balaban J connectivity index is 0.000000361. The van der Waals surface area contributed by atoms with Gasteiger partial charge in [-0.25, -0.2) is 10.6 Å². The number of hydroxylamine groups is 2. The van der Waals surface area contributed by atoms with Crippen LogP contribution in [-0.2, 0) is 16.2 Å². The van der Waals surface area contributed by atoms with Crippen LogP contribution in [0.15, 0.2) is 30.3 Å². The number of hydrogen-bond donors (Lipinski definition) is 2. The van der Waals surface area contributed by atoms with Crippen molar-refractivity contribution >= 4 is 12.4 Å². The maximum atomic E-state index is 11.9. The summed E-state index contributed by atoms with van der Waals surface area (Å²) in [5.74, 6) is 4.41. The second-order valence-corrected chi connectivity index (χ2v) is 4.89. The third kappa shape index (κ3) is 3.93. The van der Waals surface area contributed by atoms with Crippen LogP contribution in [0, 0.1) is 0 Å². The number of amides is 3. The van der Waals surface area contributed by atoms with Crippen LogP contribution < -0.4 is 11.3 Å². The molecule has 3 rings (SSSR count). The largest absolute Gasteiger partial charge is 0.344 e. The van der Waals surface area contributed by atoms with Crippen molar-refractivity contribution < 1.29 is 14.4 Å². The van der Waals surface area contributed by atoms with Crippen molar-refractivity contribution in [3.05, 3.63) is 35.9 Å². The SMILES string of the molecule is NNC=O.O=C1N2CCCC(C2)N1OCc1ccccc1. The standard InChI is InChI=1S/C13H16N2O2.CH4N2O/c16-13-14-8-4-7-12(9-14)15(13)17-10-11-5-2-1-3-6-11;2-3-1-4/h1-3,5-6,12H,4,7-10H2;1H,2H2,(H,3,4). The molecule has 2 bridgehead atoms. The van der Waals surface area contributed by atoms with Gasteiger partial charge in [0.15, 0.2) is 0 Å². The summed E-state index contributed by atoms with van der Waals surface area (Å²) in [7, 11) is 0. The highest BCUT2D eigenvalue weighted by molar-refractivity contribution is 5.76. The minimum absolute atomic E-state index is 0.0310. The van der Waals surface area contributed by atoms with Gasteiger partial charge in [-0.2, -0.15) is 5.06 Å². The van der Waals surface area contributed by atoms with Gasteiger partial charge < -0.3 is 4.90 Å². The Morgan fingerprint density at radius 3 is 2.71 bits per heavy atom. The van der Waals surface area contributed by atoms with Crippen molar-refractivity contribution in [2.24, 2.45) is 5.84 Å². The molecule has 1 aromatic rings. The molecule has 2 saturated heterocycles. The summed E-state index contributed by atoms with van der Waals surface area (Å²) in [6.45, 7) is 2.17. The van der Waals surface area contributed by atoms with Crippen molar-refractivity contribution in [3.8, 4) is 0 Å². The Morgan fingerprint density at radius 1 is 1.38 bits per heavy atom. The fourth-order valence-corrected chi connectivity index (χ4v) is 2.49. The lowest BCUT2D eigenvalue weighted by Gasteiger charge is -2.22. The molecular weight excluding hydrogens is 272 g/mol. The highest BCUT2D eigenvalue weighted by Crippen LogP contribution is 2.25. The highest BCUT2D eigenvalue weighted by Gasteiger charge is 2.40. The molecule has 1 unspecified atom stereocenters. The molecule has 3 N–H and O–H groups in total. The zero-order valence-electron chi connectivity index (χ0n) is 11.8. The first kappa shape index (κ1) is 15.3. The van der Waals surface area contributed by atoms with Crippen LogP contribution in [-0.4, -0.2) is 41.5 Å². The number of urea groups is 1. The second-order valence-electron chi connectivity index (χ2n) is 4.89. The van der Waals surface area contributed by atoms with Gasteiger partial charge >= 0.3 is 6.03 Å². The van der Waals surface area contributed by atoms with E-state index in [1.54, 1.807) is 10.5 Å². The third-order valence-electron chi connectivity index (χ3n) is 3.47. The van der Waals surface area contributed by atoms with Crippen LogP contribution in [0.3, 0.4) is 0 Å². The van der Waals surface area contributed by atoms with Crippen molar-refractivity contribution in [1.82, 2.24) is 15.4 Å². The van der Waals surface area contributed by atoms with Gasteiger partial charge in [0.25, 0.3) is 0 Å². The molecule has 3 amide bonds. The molecule has 0 aromatic heterocycles. The maximum Gasteiger partial charge on any atom is 0.344 e. The third-order valence-corrected chi connectivity index (χ3v) is 3.47.